The number of benzene rings is 1. The van der Waals surface area contributed by atoms with E-state index in [0.717, 1.165) is 22.4 Å². The first kappa shape index (κ1) is 15.0. The number of H-pyrrole nitrogens is 1. The maximum Gasteiger partial charge on any atom is 0.177 e. The summed E-state index contributed by atoms with van der Waals surface area (Å²) in [5.41, 5.74) is 4.54. The van der Waals surface area contributed by atoms with Crippen LogP contribution in [0.4, 0.5) is 0 Å². The lowest BCUT2D eigenvalue weighted by molar-refractivity contribution is 0.579. The number of halogens is 1. The van der Waals surface area contributed by atoms with E-state index in [2.05, 4.69) is 34.2 Å². The molecule has 0 amide bonds. The average Bonchev–Trinajstić information content (AvgIpc) is 3.21. The molecule has 0 aliphatic carbocycles. The Morgan fingerprint density at radius 3 is 2.62 bits per heavy atom. The fourth-order valence-electron chi connectivity index (χ4n) is 2.99. The molecule has 3 aromatic heterocycles. The number of nitrogens with one attached hydrogen (secondary N) is 1. The number of hydrogen-bond acceptors (Lipinski definition) is 3. The van der Waals surface area contributed by atoms with Crippen molar-refractivity contribution in [3.05, 3.63) is 52.9 Å². The number of aryl methyl sites for hydroxylation is 2. The number of aromatic amines is 1. The van der Waals surface area contributed by atoms with Gasteiger partial charge in [-0.2, -0.15) is 10.2 Å². The lowest BCUT2D eigenvalue weighted by Gasteiger charge is -2.12. The Kier molecular flexibility index (Phi) is 3.42. The predicted molar refractivity (Wildman–Crippen MR) is 94.1 cm³/mol. The highest BCUT2D eigenvalue weighted by Crippen LogP contribution is 2.31. The van der Waals surface area contributed by atoms with Crippen LogP contribution in [0.1, 0.15) is 24.2 Å². The SMILES string of the molecule is Cc1nn(C)c(Cl)c1-c1nc2c(cnn2C(C)c2ccccc2)[nH]1. The summed E-state index contributed by atoms with van der Waals surface area (Å²) >= 11 is 6.36. The Hall–Kier alpha value is -2.60. The van der Waals surface area contributed by atoms with Crippen LogP contribution >= 0.6 is 11.6 Å². The Morgan fingerprint density at radius 2 is 1.96 bits per heavy atom. The predicted octanol–water partition coefficient (Wildman–Crippen LogP) is 3.73. The van der Waals surface area contributed by atoms with Crippen molar-refractivity contribution in [2.45, 2.75) is 19.9 Å². The molecule has 1 atom stereocenters. The first-order valence-electron chi connectivity index (χ1n) is 7.74. The highest BCUT2D eigenvalue weighted by molar-refractivity contribution is 6.32. The molecular formula is C17H17ClN6. The molecule has 3 heterocycles. The molecule has 0 fully saturated rings. The van der Waals surface area contributed by atoms with Crippen LogP contribution in [-0.2, 0) is 7.05 Å². The summed E-state index contributed by atoms with van der Waals surface area (Å²) in [6, 6.07) is 10.3. The number of hydrogen-bond donors (Lipinski definition) is 1. The van der Waals surface area contributed by atoms with E-state index in [1.807, 2.05) is 36.9 Å². The van der Waals surface area contributed by atoms with Crippen LogP contribution in [-0.4, -0.2) is 29.5 Å². The lowest BCUT2D eigenvalue weighted by atomic mass is 10.1. The summed E-state index contributed by atoms with van der Waals surface area (Å²) in [5.74, 6) is 0.715. The van der Waals surface area contributed by atoms with Crippen LogP contribution in [0.2, 0.25) is 5.15 Å². The molecule has 24 heavy (non-hydrogen) atoms. The van der Waals surface area contributed by atoms with Gasteiger partial charge in [-0.1, -0.05) is 41.9 Å². The lowest BCUT2D eigenvalue weighted by Crippen LogP contribution is -2.08. The third-order valence-corrected chi connectivity index (χ3v) is 4.71. The molecule has 1 aromatic carbocycles. The first-order valence-corrected chi connectivity index (χ1v) is 8.11. The monoisotopic (exact) mass is 340 g/mol. The van der Waals surface area contributed by atoms with Gasteiger partial charge in [-0.15, -0.1) is 0 Å². The highest BCUT2D eigenvalue weighted by Gasteiger charge is 2.20. The Balaban J connectivity index is 1.82. The number of fused-ring (bicyclic) bond motifs is 1. The zero-order valence-electron chi connectivity index (χ0n) is 13.7. The van der Waals surface area contributed by atoms with E-state index in [1.165, 1.54) is 5.56 Å². The molecule has 0 saturated carbocycles. The standard InChI is InChI=1S/C17H17ClN6/c1-10-14(15(18)23(3)22-10)16-20-13-9-19-24(17(13)21-16)11(2)12-7-5-4-6-8-12/h4-9,11H,1-3H3,(H,20,21). The van der Waals surface area contributed by atoms with Crippen LogP contribution in [0.15, 0.2) is 36.5 Å². The molecule has 122 valence electrons. The van der Waals surface area contributed by atoms with Gasteiger partial charge in [0.25, 0.3) is 0 Å². The maximum absolute atomic E-state index is 6.36. The zero-order valence-corrected chi connectivity index (χ0v) is 14.4. The second kappa shape index (κ2) is 5.49. The molecule has 7 heteroatoms. The summed E-state index contributed by atoms with van der Waals surface area (Å²) in [6.07, 6.45) is 1.80. The fraction of sp³-hybridized carbons (Fsp3) is 0.235. The molecule has 4 rings (SSSR count). The van der Waals surface area contributed by atoms with Crippen LogP contribution < -0.4 is 0 Å². The van der Waals surface area contributed by atoms with E-state index in [-0.39, 0.29) is 6.04 Å². The van der Waals surface area contributed by atoms with Crippen LogP contribution in [0.3, 0.4) is 0 Å². The van der Waals surface area contributed by atoms with Crippen LogP contribution in [0.5, 0.6) is 0 Å². The number of rotatable bonds is 3. The van der Waals surface area contributed by atoms with E-state index in [1.54, 1.807) is 10.9 Å². The van der Waals surface area contributed by atoms with E-state index in [9.17, 15) is 0 Å². The van der Waals surface area contributed by atoms with Gasteiger partial charge in [-0.3, -0.25) is 4.68 Å². The molecule has 0 aliphatic rings. The topological polar surface area (TPSA) is 64.3 Å². The summed E-state index contributed by atoms with van der Waals surface area (Å²) < 4.78 is 3.57. The van der Waals surface area contributed by atoms with Crippen molar-refractivity contribution < 1.29 is 0 Å². The molecule has 0 aliphatic heterocycles. The molecular weight excluding hydrogens is 324 g/mol. The van der Waals surface area contributed by atoms with Crippen LogP contribution in [0, 0.1) is 6.92 Å². The minimum atomic E-state index is 0.0883. The minimum Gasteiger partial charge on any atom is -0.335 e. The van der Waals surface area contributed by atoms with Gasteiger partial charge in [0.15, 0.2) is 5.65 Å². The number of imidazole rings is 1. The van der Waals surface area contributed by atoms with E-state index in [4.69, 9.17) is 16.6 Å². The normalized spacial score (nSPS) is 12.8. The van der Waals surface area contributed by atoms with Gasteiger partial charge in [0.2, 0.25) is 0 Å². The third-order valence-electron chi connectivity index (χ3n) is 4.28. The van der Waals surface area contributed by atoms with Gasteiger partial charge in [-0.05, 0) is 19.4 Å². The molecule has 0 radical (unpaired) electrons. The summed E-state index contributed by atoms with van der Waals surface area (Å²) in [4.78, 5) is 8.03. The van der Waals surface area contributed by atoms with Crippen molar-refractivity contribution in [2.75, 3.05) is 0 Å². The second-order valence-electron chi connectivity index (χ2n) is 5.87. The summed E-state index contributed by atoms with van der Waals surface area (Å²) in [7, 11) is 1.82. The van der Waals surface area contributed by atoms with E-state index >= 15 is 0 Å². The summed E-state index contributed by atoms with van der Waals surface area (Å²) in [6.45, 7) is 4.03. The van der Waals surface area contributed by atoms with Gasteiger partial charge < -0.3 is 4.98 Å². The second-order valence-corrected chi connectivity index (χ2v) is 6.23. The van der Waals surface area contributed by atoms with Gasteiger partial charge in [0.1, 0.15) is 16.5 Å². The zero-order chi connectivity index (χ0) is 16.8. The van der Waals surface area contributed by atoms with Crippen molar-refractivity contribution in [1.29, 1.82) is 0 Å². The highest BCUT2D eigenvalue weighted by atomic mass is 35.5. The van der Waals surface area contributed by atoms with Crippen molar-refractivity contribution in [2.24, 2.45) is 7.05 Å². The fourth-order valence-corrected chi connectivity index (χ4v) is 3.25. The number of aromatic nitrogens is 6. The number of nitrogens with zero attached hydrogens (tertiary/aromatic N) is 5. The van der Waals surface area contributed by atoms with Crippen molar-refractivity contribution in [3.8, 4) is 11.4 Å². The van der Waals surface area contributed by atoms with Gasteiger partial charge >= 0.3 is 0 Å². The van der Waals surface area contributed by atoms with Crippen LogP contribution in [0.25, 0.3) is 22.6 Å². The largest absolute Gasteiger partial charge is 0.335 e. The van der Waals surface area contributed by atoms with Gasteiger partial charge in [0.05, 0.1) is 23.5 Å². The van der Waals surface area contributed by atoms with Gasteiger partial charge in [0, 0.05) is 7.05 Å². The molecule has 4 aromatic rings. The van der Waals surface area contributed by atoms with Gasteiger partial charge in [-0.25, -0.2) is 9.67 Å². The molecule has 0 saturated heterocycles. The van der Waals surface area contributed by atoms with E-state index < -0.39 is 0 Å². The molecule has 0 spiro atoms. The van der Waals surface area contributed by atoms with E-state index in [0.29, 0.717) is 11.0 Å². The summed E-state index contributed by atoms with van der Waals surface area (Å²) in [5, 5.41) is 9.40. The Bertz CT molecular complexity index is 1010. The van der Waals surface area contributed by atoms with Crippen molar-refractivity contribution >= 4 is 22.8 Å². The van der Waals surface area contributed by atoms with Crippen molar-refractivity contribution in [1.82, 2.24) is 29.5 Å². The first-order chi connectivity index (χ1) is 11.6. The Morgan fingerprint density at radius 1 is 1.21 bits per heavy atom. The average molecular weight is 341 g/mol. The molecule has 0 bridgehead atoms. The van der Waals surface area contributed by atoms with Crippen molar-refractivity contribution in [3.63, 3.8) is 0 Å². The minimum absolute atomic E-state index is 0.0883. The maximum atomic E-state index is 6.36. The Labute approximate surface area is 144 Å². The molecule has 6 nitrogen and oxygen atoms in total. The third kappa shape index (κ3) is 2.22. The molecule has 1 unspecified atom stereocenters. The smallest absolute Gasteiger partial charge is 0.177 e. The quantitative estimate of drug-likeness (QED) is 0.618. The molecule has 1 N–H and O–H groups in total.